The minimum atomic E-state index is 0.379. The Morgan fingerprint density at radius 3 is 2.62 bits per heavy atom. The van der Waals surface area contributed by atoms with E-state index in [0.717, 1.165) is 29.6 Å². The third-order valence-electron chi connectivity index (χ3n) is 3.78. The molecule has 1 fully saturated rings. The lowest BCUT2D eigenvalue weighted by molar-refractivity contribution is 0.750. The molecule has 2 aromatic rings. The third kappa shape index (κ3) is 3.72. The van der Waals surface area contributed by atoms with E-state index < -0.39 is 0 Å². The van der Waals surface area contributed by atoms with E-state index >= 15 is 0 Å². The Kier molecular flexibility index (Phi) is 4.04. The van der Waals surface area contributed by atoms with Crippen LogP contribution in [0.15, 0.2) is 36.4 Å². The SMILES string of the molecule is CC[C@H](C)Nc1nc(Nc2ccccc2)cc(C2CC2)n1. The molecule has 2 N–H and O–H groups in total. The normalized spacial score (nSPS) is 15.5. The first-order valence-electron chi connectivity index (χ1n) is 7.72. The van der Waals surface area contributed by atoms with Crippen LogP contribution < -0.4 is 10.6 Å². The maximum absolute atomic E-state index is 4.66. The van der Waals surface area contributed by atoms with E-state index in [-0.39, 0.29) is 0 Å². The zero-order valence-electron chi connectivity index (χ0n) is 12.6. The predicted octanol–water partition coefficient (Wildman–Crippen LogP) is 4.31. The van der Waals surface area contributed by atoms with Gasteiger partial charge >= 0.3 is 0 Å². The van der Waals surface area contributed by atoms with E-state index in [9.17, 15) is 0 Å². The molecule has 1 saturated carbocycles. The summed E-state index contributed by atoms with van der Waals surface area (Å²) in [4.78, 5) is 9.26. The van der Waals surface area contributed by atoms with Crippen LogP contribution >= 0.6 is 0 Å². The second-order valence-electron chi connectivity index (χ2n) is 5.72. The lowest BCUT2D eigenvalue weighted by Gasteiger charge is -2.14. The molecule has 110 valence electrons. The Morgan fingerprint density at radius 2 is 1.95 bits per heavy atom. The highest BCUT2D eigenvalue weighted by Gasteiger charge is 2.26. The highest BCUT2D eigenvalue weighted by molar-refractivity contribution is 5.57. The van der Waals surface area contributed by atoms with Crippen molar-refractivity contribution < 1.29 is 0 Å². The Morgan fingerprint density at radius 1 is 1.19 bits per heavy atom. The Labute approximate surface area is 126 Å². The number of rotatable bonds is 6. The first kappa shape index (κ1) is 13.9. The average Bonchev–Trinajstić information content (AvgIpc) is 3.32. The van der Waals surface area contributed by atoms with Crippen LogP contribution in [0.3, 0.4) is 0 Å². The molecule has 21 heavy (non-hydrogen) atoms. The molecule has 0 radical (unpaired) electrons. The number of benzene rings is 1. The van der Waals surface area contributed by atoms with Gasteiger partial charge in [0.05, 0.1) is 5.69 Å². The molecule has 1 heterocycles. The van der Waals surface area contributed by atoms with Crippen molar-refractivity contribution in [2.75, 3.05) is 10.6 Å². The fourth-order valence-electron chi connectivity index (χ4n) is 2.17. The highest BCUT2D eigenvalue weighted by atomic mass is 15.2. The summed E-state index contributed by atoms with van der Waals surface area (Å²) in [6.45, 7) is 4.31. The highest BCUT2D eigenvalue weighted by Crippen LogP contribution is 2.40. The van der Waals surface area contributed by atoms with Crippen molar-refractivity contribution in [3.05, 3.63) is 42.1 Å². The number of anilines is 3. The number of nitrogens with zero attached hydrogens (tertiary/aromatic N) is 2. The van der Waals surface area contributed by atoms with Gasteiger partial charge in [-0.1, -0.05) is 25.1 Å². The second kappa shape index (κ2) is 6.12. The average molecular weight is 282 g/mol. The molecule has 0 amide bonds. The minimum Gasteiger partial charge on any atom is -0.352 e. The van der Waals surface area contributed by atoms with Gasteiger partial charge in [0.15, 0.2) is 0 Å². The van der Waals surface area contributed by atoms with Crippen LogP contribution in [0.1, 0.15) is 44.7 Å². The second-order valence-corrected chi connectivity index (χ2v) is 5.72. The molecule has 0 bridgehead atoms. The zero-order valence-corrected chi connectivity index (χ0v) is 12.6. The van der Waals surface area contributed by atoms with Crippen molar-refractivity contribution in [1.82, 2.24) is 9.97 Å². The summed E-state index contributed by atoms with van der Waals surface area (Å²) in [5.41, 5.74) is 2.20. The van der Waals surface area contributed by atoms with Crippen LogP contribution in [-0.2, 0) is 0 Å². The van der Waals surface area contributed by atoms with Crippen molar-refractivity contribution >= 4 is 17.5 Å². The largest absolute Gasteiger partial charge is 0.352 e. The fraction of sp³-hybridized carbons (Fsp3) is 0.412. The molecule has 0 aliphatic heterocycles. The van der Waals surface area contributed by atoms with Gasteiger partial charge in [-0.3, -0.25) is 0 Å². The molecule has 1 aromatic carbocycles. The summed E-state index contributed by atoms with van der Waals surface area (Å²) in [5, 5.41) is 6.75. The van der Waals surface area contributed by atoms with Crippen LogP contribution in [-0.4, -0.2) is 16.0 Å². The summed E-state index contributed by atoms with van der Waals surface area (Å²) in [6, 6.07) is 12.6. The minimum absolute atomic E-state index is 0.379. The van der Waals surface area contributed by atoms with Gasteiger partial charge in [0.1, 0.15) is 5.82 Å². The van der Waals surface area contributed by atoms with Gasteiger partial charge in [-0.05, 0) is 38.3 Å². The van der Waals surface area contributed by atoms with Crippen LogP contribution in [0.2, 0.25) is 0 Å². The van der Waals surface area contributed by atoms with E-state index in [1.165, 1.54) is 12.8 Å². The fourth-order valence-corrected chi connectivity index (χ4v) is 2.17. The van der Waals surface area contributed by atoms with Crippen molar-refractivity contribution in [3.8, 4) is 0 Å². The molecule has 0 spiro atoms. The monoisotopic (exact) mass is 282 g/mol. The van der Waals surface area contributed by atoms with E-state index in [2.05, 4.69) is 40.5 Å². The standard InChI is InChI=1S/C17H22N4/c1-3-12(2)18-17-20-15(13-9-10-13)11-16(21-17)19-14-7-5-4-6-8-14/h4-8,11-13H,3,9-10H2,1-2H3,(H2,18,19,20,21)/t12-/m0/s1. The molecule has 1 aliphatic rings. The molecular formula is C17H22N4. The molecule has 4 heteroatoms. The molecule has 0 saturated heterocycles. The summed E-state index contributed by atoms with van der Waals surface area (Å²) >= 11 is 0. The van der Waals surface area contributed by atoms with Gasteiger partial charge in [-0.15, -0.1) is 0 Å². The Balaban J connectivity index is 1.84. The van der Waals surface area contributed by atoms with Gasteiger partial charge < -0.3 is 10.6 Å². The van der Waals surface area contributed by atoms with E-state index in [1.54, 1.807) is 0 Å². The quantitative estimate of drug-likeness (QED) is 0.829. The molecule has 3 rings (SSSR count). The Hall–Kier alpha value is -2.10. The maximum Gasteiger partial charge on any atom is 0.225 e. The lowest BCUT2D eigenvalue weighted by Crippen LogP contribution is -2.16. The van der Waals surface area contributed by atoms with Crippen molar-refractivity contribution in [2.45, 2.75) is 45.1 Å². The smallest absolute Gasteiger partial charge is 0.225 e. The topological polar surface area (TPSA) is 49.8 Å². The van der Waals surface area contributed by atoms with Gasteiger partial charge in [0.2, 0.25) is 5.95 Å². The van der Waals surface area contributed by atoms with Crippen molar-refractivity contribution in [1.29, 1.82) is 0 Å². The number of para-hydroxylation sites is 1. The summed E-state index contributed by atoms with van der Waals surface area (Å²) in [6.07, 6.45) is 3.54. The first-order valence-corrected chi connectivity index (χ1v) is 7.72. The van der Waals surface area contributed by atoms with Gasteiger partial charge in [0, 0.05) is 23.7 Å². The van der Waals surface area contributed by atoms with Crippen molar-refractivity contribution in [3.63, 3.8) is 0 Å². The summed E-state index contributed by atoms with van der Waals surface area (Å²) in [7, 11) is 0. The zero-order chi connectivity index (χ0) is 14.7. The molecule has 4 nitrogen and oxygen atoms in total. The molecule has 0 unspecified atom stereocenters. The van der Waals surface area contributed by atoms with Crippen LogP contribution in [0.5, 0.6) is 0 Å². The van der Waals surface area contributed by atoms with Crippen LogP contribution in [0.4, 0.5) is 17.5 Å². The van der Waals surface area contributed by atoms with Crippen LogP contribution in [0, 0.1) is 0 Å². The molecule has 1 atom stereocenters. The predicted molar refractivity (Wildman–Crippen MR) is 87.1 cm³/mol. The Bertz CT molecular complexity index is 593. The number of aromatic nitrogens is 2. The number of hydrogen-bond donors (Lipinski definition) is 2. The molecule has 1 aliphatic carbocycles. The van der Waals surface area contributed by atoms with Gasteiger partial charge in [-0.25, -0.2) is 4.98 Å². The van der Waals surface area contributed by atoms with Crippen LogP contribution in [0.25, 0.3) is 0 Å². The molecule has 1 aromatic heterocycles. The maximum atomic E-state index is 4.66. The number of hydrogen-bond acceptors (Lipinski definition) is 4. The summed E-state index contributed by atoms with van der Waals surface area (Å²) < 4.78 is 0. The van der Waals surface area contributed by atoms with Crippen molar-refractivity contribution in [2.24, 2.45) is 0 Å². The first-order chi connectivity index (χ1) is 10.2. The number of nitrogens with one attached hydrogen (secondary N) is 2. The van der Waals surface area contributed by atoms with E-state index in [0.29, 0.717) is 12.0 Å². The lowest BCUT2D eigenvalue weighted by atomic mass is 10.2. The molecular weight excluding hydrogens is 260 g/mol. The third-order valence-corrected chi connectivity index (χ3v) is 3.78. The summed E-state index contributed by atoms with van der Waals surface area (Å²) in [5.74, 6) is 2.21. The van der Waals surface area contributed by atoms with E-state index in [1.807, 2.05) is 30.3 Å². The van der Waals surface area contributed by atoms with Gasteiger partial charge in [-0.2, -0.15) is 4.98 Å². The van der Waals surface area contributed by atoms with E-state index in [4.69, 9.17) is 0 Å². The van der Waals surface area contributed by atoms with Gasteiger partial charge in [0.25, 0.3) is 0 Å².